The third-order valence-corrected chi connectivity index (χ3v) is 5.20. The molecule has 1 aromatic rings. The van der Waals surface area contributed by atoms with Gasteiger partial charge in [0.05, 0.1) is 4.90 Å². The Morgan fingerprint density at radius 2 is 1.86 bits per heavy atom. The maximum Gasteiger partial charge on any atom is 0.242 e. The monoisotopic (exact) mass is 312 g/mol. The van der Waals surface area contributed by atoms with Gasteiger partial charge in [0, 0.05) is 26.2 Å². The van der Waals surface area contributed by atoms with E-state index in [2.05, 4.69) is 33.0 Å². The third-order valence-electron chi connectivity index (χ3n) is 3.34. The van der Waals surface area contributed by atoms with Crippen molar-refractivity contribution < 1.29 is 8.42 Å². The Hall–Kier alpha value is -0.910. The van der Waals surface area contributed by atoms with Crippen molar-refractivity contribution in [3.05, 3.63) is 29.8 Å². The van der Waals surface area contributed by atoms with Crippen molar-refractivity contribution in [1.82, 2.24) is 9.62 Å². The lowest BCUT2D eigenvalue weighted by atomic mass is 10.1. The molecule has 0 heterocycles. The Bertz CT molecular complexity index is 539. The van der Waals surface area contributed by atoms with Crippen LogP contribution < -0.4 is 5.32 Å². The number of hydrogen-bond acceptors (Lipinski definition) is 3. The molecule has 1 N–H and O–H groups in total. The molecule has 1 rings (SSSR count). The van der Waals surface area contributed by atoms with E-state index >= 15 is 0 Å². The van der Waals surface area contributed by atoms with Gasteiger partial charge in [0.2, 0.25) is 10.0 Å². The zero-order chi connectivity index (χ0) is 16.0. The molecule has 0 atom stereocenters. The molecule has 0 spiro atoms. The summed E-state index contributed by atoms with van der Waals surface area (Å²) in [6.07, 6.45) is 0.865. The first-order chi connectivity index (χ1) is 9.73. The van der Waals surface area contributed by atoms with Gasteiger partial charge in [-0.25, -0.2) is 12.7 Å². The number of hydrogen-bond donors (Lipinski definition) is 1. The SMILES string of the molecule is CC(C)CCN(C)S(=O)(=O)c1cccc(CNC(C)C)c1. The molecule has 4 nitrogen and oxygen atoms in total. The lowest BCUT2D eigenvalue weighted by molar-refractivity contribution is 0.428. The van der Waals surface area contributed by atoms with Crippen molar-refractivity contribution in [3.63, 3.8) is 0 Å². The second-order valence-electron chi connectivity index (χ2n) is 6.19. The van der Waals surface area contributed by atoms with Gasteiger partial charge in [-0.15, -0.1) is 0 Å². The molecule has 120 valence electrons. The largest absolute Gasteiger partial charge is 0.310 e. The standard InChI is InChI=1S/C16H28N2O2S/c1-13(2)9-10-18(5)21(19,20)16-8-6-7-15(11-16)12-17-14(3)4/h6-8,11,13-14,17H,9-10,12H2,1-5H3. The minimum absolute atomic E-state index is 0.372. The minimum atomic E-state index is -3.39. The van der Waals surface area contributed by atoms with Crippen LogP contribution in [-0.4, -0.2) is 32.4 Å². The van der Waals surface area contributed by atoms with Crippen LogP contribution in [0.25, 0.3) is 0 Å². The van der Waals surface area contributed by atoms with Crippen LogP contribution in [0, 0.1) is 5.92 Å². The van der Waals surface area contributed by atoms with E-state index in [4.69, 9.17) is 0 Å². The van der Waals surface area contributed by atoms with Crippen molar-refractivity contribution in [2.45, 2.75) is 51.6 Å². The summed E-state index contributed by atoms with van der Waals surface area (Å²) in [6, 6.07) is 7.55. The van der Waals surface area contributed by atoms with Crippen LogP contribution in [0.2, 0.25) is 0 Å². The second kappa shape index (κ2) is 7.92. The molecule has 0 saturated carbocycles. The quantitative estimate of drug-likeness (QED) is 0.803. The lowest BCUT2D eigenvalue weighted by Crippen LogP contribution is -2.29. The highest BCUT2D eigenvalue weighted by Crippen LogP contribution is 2.17. The van der Waals surface area contributed by atoms with E-state index in [0.29, 0.717) is 29.9 Å². The molecule has 0 bridgehead atoms. The van der Waals surface area contributed by atoms with Gasteiger partial charge in [-0.2, -0.15) is 0 Å². The molecule has 0 radical (unpaired) electrons. The number of nitrogens with zero attached hydrogens (tertiary/aromatic N) is 1. The van der Waals surface area contributed by atoms with Crippen molar-refractivity contribution in [1.29, 1.82) is 0 Å². The van der Waals surface area contributed by atoms with E-state index in [1.165, 1.54) is 4.31 Å². The summed E-state index contributed by atoms with van der Waals surface area (Å²) in [4.78, 5) is 0.372. The zero-order valence-electron chi connectivity index (χ0n) is 13.8. The van der Waals surface area contributed by atoms with Crippen LogP contribution in [0.5, 0.6) is 0 Å². The molecule has 1 aromatic carbocycles. The fourth-order valence-corrected chi connectivity index (χ4v) is 3.13. The summed E-state index contributed by atoms with van der Waals surface area (Å²) in [5, 5.41) is 3.30. The zero-order valence-corrected chi connectivity index (χ0v) is 14.6. The summed E-state index contributed by atoms with van der Waals surface area (Å²) in [5.74, 6) is 0.490. The first kappa shape index (κ1) is 18.1. The predicted octanol–water partition coefficient (Wildman–Crippen LogP) is 2.85. The van der Waals surface area contributed by atoms with Crippen LogP contribution >= 0.6 is 0 Å². The van der Waals surface area contributed by atoms with E-state index in [0.717, 1.165) is 12.0 Å². The van der Waals surface area contributed by atoms with Gasteiger partial charge in [0.15, 0.2) is 0 Å². The number of nitrogens with one attached hydrogen (secondary N) is 1. The van der Waals surface area contributed by atoms with Gasteiger partial charge >= 0.3 is 0 Å². The fraction of sp³-hybridized carbons (Fsp3) is 0.625. The summed E-state index contributed by atoms with van der Waals surface area (Å²) in [7, 11) is -1.74. The van der Waals surface area contributed by atoms with Crippen molar-refractivity contribution in [2.24, 2.45) is 5.92 Å². The highest BCUT2D eigenvalue weighted by Gasteiger charge is 2.20. The number of rotatable bonds is 8. The predicted molar refractivity (Wildman–Crippen MR) is 87.7 cm³/mol. The van der Waals surface area contributed by atoms with Crippen molar-refractivity contribution in [2.75, 3.05) is 13.6 Å². The van der Waals surface area contributed by atoms with Crippen LogP contribution in [0.4, 0.5) is 0 Å². The van der Waals surface area contributed by atoms with Gasteiger partial charge < -0.3 is 5.32 Å². The molecular weight excluding hydrogens is 284 g/mol. The van der Waals surface area contributed by atoms with E-state index in [9.17, 15) is 8.42 Å². The minimum Gasteiger partial charge on any atom is -0.310 e. The molecule has 0 aliphatic rings. The maximum atomic E-state index is 12.5. The summed E-state index contributed by atoms with van der Waals surface area (Å²) in [5.41, 5.74) is 0.988. The topological polar surface area (TPSA) is 49.4 Å². The highest BCUT2D eigenvalue weighted by atomic mass is 32.2. The Morgan fingerprint density at radius 1 is 1.19 bits per heavy atom. The van der Waals surface area contributed by atoms with Crippen LogP contribution in [0.3, 0.4) is 0 Å². The second-order valence-corrected chi connectivity index (χ2v) is 8.24. The van der Waals surface area contributed by atoms with E-state index in [1.54, 1.807) is 25.2 Å². The maximum absolute atomic E-state index is 12.5. The van der Waals surface area contributed by atoms with Gasteiger partial charge in [0.1, 0.15) is 0 Å². The summed E-state index contributed by atoms with van der Waals surface area (Å²) in [6.45, 7) is 9.56. The van der Waals surface area contributed by atoms with E-state index in [-0.39, 0.29) is 0 Å². The summed E-state index contributed by atoms with van der Waals surface area (Å²) >= 11 is 0. The fourth-order valence-electron chi connectivity index (χ4n) is 1.88. The number of sulfonamides is 1. The Labute approximate surface area is 129 Å². The highest BCUT2D eigenvalue weighted by molar-refractivity contribution is 7.89. The molecule has 0 aromatic heterocycles. The molecule has 21 heavy (non-hydrogen) atoms. The Kier molecular flexibility index (Phi) is 6.84. The van der Waals surface area contributed by atoms with Gasteiger partial charge in [-0.05, 0) is 30.0 Å². The lowest BCUT2D eigenvalue weighted by Gasteiger charge is -2.19. The molecule has 5 heteroatoms. The van der Waals surface area contributed by atoms with Crippen molar-refractivity contribution >= 4 is 10.0 Å². The summed E-state index contributed by atoms with van der Waals surface area (Å²) < 4.78 is 26.5. The van der Waals surface area contributed by atoms with E-state index < -0.39 is 10.0 Å². The van der Waals surface area contributed by atoms with Gasteiger partial charge in [-0.3, -0.25) is 0 Å². The number of benzene rings is 1. The normalized spacial score (nSPS) is 12.6. The smallest absolute Gasteiger partial charge is 0.242 e. The first-order valence-corrected chi connectivity index (χ1v) is 8.96. The molecule has 0 saturated heterocycles. The van der Waals surface area contributed by atoms with Gasteiger partial charge in [0.25, 0.3) is 0 Å². The molecule has 0 fully saturated rings. The Balaban J connectivity index is 2.85. The molecule has 0 unspecified atom stereocenters. The molecule has 0 aliphatic carbocycles. The molecule has 0 aliphatic heterocycles. The molecular formula is C16H28N2O2S. The van der Waals surface area contributed by atoms with Crippen LogP contribution in [0.15, 0.2) is 29.2 Å². The van der Waals surface area contributed by atoms with Crippen LogP contribution in [0.1, 0.15) is 39.7 Å². The van der Waals surface area contributed by atoms with Crippen molar-refractivity contribution in [3.8, 4) is 0 Å². The average molecular weight is 312 g/mol. The third kappa shape index (κ3) is 5.77. The Morgan fingerprint density at radius 3 is 2.43 bits per heavy atom. The van der Waals surface area contributed by atoms with Gasteiger partial charge in [-0.1, -0.05) is 39.8 Å². The van der Waals surface area contributed by atoms with Crippen LogP contribution in [-0.2, 0) is 16.6 Å². The van der Waals surface area contributed by atoms with E-state index in [1.807, 2.05) is 6.07 Å². The first-order valence-electron chi connectivity index (χ1n) is 7.52. The average Bonchev–Trinajstić information content (AvgIpc) is 2.42. The molecule has 0 amide bonds.